The topological polar surface area (TPSA) is 21.3 Å². The van der Waals surface area contributed by atoms with Crippen molar-refractivity contribution in [2.45, 2.75) is 12.8 Å². The third-order valence-corrected chi connectivity index (χ3v) is 2.60. The van der Waals surface area contributed by atoms with E-state index in [1.54, 1.807) is 7.11 Å². The van der Waals surface area contributed by atoms with E-state index in [1.165, 1.54) is 9.26 Å². The second kappa shape index (κ2) is 7.06. The van der Waals surface area contributed by atoms with Crippen LogP contribution in [0, 0.1) is 3.57 Å². The van der Waals surface area contributed by atoms with Gasteiger partial charge in [0.05, 0.1) is 0 Å². The molecule has 1 aromatic carbocycles. The van der Waals surface area contributed by atoms with Gasteiger partial charge in [-0.05, 0) is 53.6 Å². The van der Waals surface area contributed by atoms with E-state index in [0.29, 0.717) is 0 Å². The zero-order valence-electron chi connectivity index (χ0n) is 8.42. The Kier molecular flexibility index (Phi) is 5.94. The standard InChI is InChI=1S/C11H16INO/c1-14-8-3-2-7-13-11-6-4-5-10(12)9-11/h4-6,9,13H,2-3,7-8H2,1H3. The van der Waals surface area contributed by atoms with E-state index >= 15 is 0 Å². The first-order chi connectivity index (χ1) is 6.83. The average Bonchev–Trinajstić information content (AvgIpc) is 2.18. The van der Waals surface area contributed by atoms with Crippen LogP contribution in [0.1, 0.15) is 12.8 Å². The fourth-order valence-electron chi connectivity index (χ4n) is 1.20. The van der Waals surface area contributed by atoms with Gasteiger partial charge in [0.25, 0.3) is 0 Å². The summed E-state index contributed by atoms with van der Waals surface area (Å²) >= 11 is 2.32. The first-order valence-corrected chi connectivity index (χ1v) is 5.89. The molecule has 1 N–H and O–H groups in total. The Morgan fingerprint density at radius 1 is 1.36 bits per heavy atom. The molecule has 0 aromatic heterocycles. The van der Waals surface area contributed by atoms with Crippen LogP contribution in [0.4, 0.5) is 5.69 Å². The van der Waals surface area contributed by atoms with Crippen LogP contribution in [0.15, 0.2) is 24.3 Å². The lowest BCUT2D eigenvalue weighted by Crippen LogP contribution is -2.02. The number of unbranched alkanes of at least 4 members (excludes halogenated alkanes) is 1. The Morgan fingerprint density at radius 2 is 2.21 bits per heavy atom. The number of benzene rings is 1. The van der Waals surface area contributed by atoms with Crippen LogP contribution in [0.5, 0.6) is 0 Å². The highest BCUT2D eigenvalue weighted by atomic mass is 127. The number of halogens is 1. The van der Waals surface area contributed by atoms with Crippen LogP contribution < -0.4 is 5.32 Å². The second-order valence-corrected chi connectivity index (χ2v) is 4.38. The highest BCUT2D eigenvalue weighted by Crippen LogP contribution is 2.12. The van der Waals surface area contributed by atoms with Crippen molar-refractivity contribution in [3.63, 3.8) is 0 Å². The lowest BCUT2D eigenvalue weighted by molar-refractivity contribution is 0.194. The molecule has 3 heteroatoms. The Morgan fingerprint density at radius 3 is 2.93 bits per heavy atom. The van der Waals surface area contributed by atoms with Crippen LogP contribution in [-0.2, 0) is 4.74 Å². The summed E-state index contributed by atoms with van der Waals surface area (Å²) in [6.07, 6.45) is 2.27. The molecule has 14 heavy (non-hydrogen) atoms. The number of ether oxygens (including phenoxy) is 1. The van der Waals surface area contributed by atoms with Gasteiger partial charge >= 0.3 is 0 Å². The van der Waals surface area contributed by atoms with Crippen LogP contribution >= 0.6 is 22.6 Å². The molecule has 0 heterocycles. The molecule has 0 amide bonds. The lowest BCUT2D eigenvalue weighted by atomic mass is 10.3. The van der Waals surface area contributed by atoms with Gasteiger partial charge < -0.3 is 10.1 Å². The molecule has 1 rings (SSSR count). The SMILES string of the molecule is COCCCCNc1cccc(I)c1. The van der Waals surface area contributed by atoms with Gasteiger partial charge in [0.15, 0.2) is 0 Å². The number of nitrogens with one attached hydrogen (secondary N) is 1. The average molecular weight is 305 g/mol. The number of methoxy groups -OCH3 is 1. The Balaban J connectivity index is 2.18. The van der Waals surface area contributed by atoms with E-state index in [9.17, 15) is 0 Å². The minimum atomic E-state index is 0.855. The molecule has 0 aliphatic carbocycles. The van der Waals surface area contributed by atoms with Crippen molar-refractivity contribution in [1.82, 2.24) is 0 Å². The first-order valence-electron chi connectivity index (χ1n) is 4.81. The quantitative estimate of drug-likeness (QED) is 0.644. The summed E-state index contributed by atoms with van der Waals surface area (Å²) in [5.74, 6) is 0. The fourth-order valence-corrected chi connectivity index (χ4v) is 1.75. The smallest absolute Gasteiger partial charge is 0.0462 e. The van der Waals surface area contributed by atoms with Crippen molar-refractivity contribution in [2.24, 2.45) is 0 Å². The third-order valence-electron chi connectivity index (χ3n) is 1.93. The highest BCUT2D eigenvalue weighted by Gasteiger charge is 1.92. The first kappa shape index (κ1) is 11.8. The van der Waals surface area contributed by atoms with Crippen molar-refractivity contribution in [1.29, 1.82) is 0 Å². The van der Waals surface area contributed by atoms with E-state index in [4.69, 9.17) is 4.74 Å². The number of rotatable bonds is 6. The van der Waals surface area contributed by atoms with Gasteiger partial charge in [0.1, 0.15) is 0 Å². The van der Waals surface area contributed by atoms with E-state index in [1.807, 2.05) is 0 Å². The number of anilines is 1. The maximum atomic E-state index is 4.98. The fraction of sp³-hybridized carbons (Fsp3) is 0.455. The number of hydrogen-bond donors (Lipinski definition) is 1. The maximum absolute atomic E-state index is 4.98. The maximum Gasteiger partial charge on any atom is 0.0462 e. The molecule has 0 saturated heterocycles. The van der Waals surface area contributed by atoms with Crippen LogP contribution in [0.3, 0.4) is 0 Å². The number of hydrogen-bond acceptors (Lipinski definition) is 2. The molecule has 0 saturated carbocycles. The summed E-state index contributed by atoms with van der Waals surface area (Å²) in [6, 6.07) is 8.41. The minimum absolute atomic E-state index is 0.855. The van der Waals surface area contributed by atoms with Crippen molar-refractivity contribution in [3.05, 3.63) is 27.8 Å². The molecule has 0 radical (unpaired) electrons. The summed E-state index contributed by atoms with van der Waals surface area (Å²) in [5.41, 5.74) is 1.20. The Labute approximate surface area is 99.2 Å². The van der Waals surface area contributed by atoms with Crippen LogP contribution in [0.2, 0.25) is 0 Å². The van der Waals surface area contributed by atoms with Crippen molar-refractivity contribution in [3.8, 4) is 0 Å². The second-order valence-electron chi connectivity index (χ2n) is 3.14. The molecular weight excluding hydrogens is 289 g/mol. The molecule has 0 bridgehead atoms. The molecule has 1 aromatic rings. The molecule has 0 aliphatic heterocycles. The van der Waals surface area contributed by atoms with E-state index in [-0.39, 0.29) is 0 Å². The summed E-state index contributed by atoms with van der Waals surface area (Å²) in [7, 11) is 1.74. The van der Waals surface area contributed by atoms with Gasteiger partial charge in [-0.1, -0.05) is 6.07 Å². The molecule has 0 spiro atoms. The van der Waals surface area contributed by atoms with Gasteiger partial charge in [-0.25, -0.2) is 0 Å². The largest absolute Gasteiger partial charge is 0.385 e. The van der Waals surface area contributed by atoms with Crippen molar-refractivity contribution in [2.75, 3.05) is 25.6 Å². The molecular formula is C11H16INO. The molecule has 78 valence electrons. The van der Waals surface area contributed by atoms with Crippen LogP contribution in [0.25, 0.3) is 0 Å². The molecule has 0 aliphatic rings. The summed E-state index contributed by atoms with van der Waals surface area (Å²) in [5, 5.41) is 3.38. The summed E-state index contributed by atoms with van der Waals surface area (Å²) in [4.78, 5) is 0. The van der Waals surface area contributed by atoms with E-state index in [2.05, 4.69) is 52.2 Å². The van der Waals surface area contributed by atoms with Crippen molar-refractivity contribution >= 4 is 28.3 Å². The molecule has 0 atom stereocenters. The zero-order valence-corrected chi connectivity index (χ0v) is 10.6. The highest BCUT2D eigenvalue weighted by molar-refractivity contribution is 14.1. The van der Waals surface area contributed by atoms with Crippen LogP contribution in [-0.4, -0.2) is 20.3 Å². The Hall–Kier alpha value is -0.290. The third kappa shape index (κ3) is 4.81. The van der Waals surface area contributed by atoms with Gasteiger partial charge in [-0.3, -0.25) is 0 Å². The van der Waals surface area contributed by atoms with Gasteiger partial charge in [0.2, 0.25) is 0 Å². The summed E-state index contributed by atoms with van der Waals surface area (Å²) in [6.45, 7) is 1.87. The predicted octanol–water partition coefficient (Wildman–Crippen LogP) is 3.13. The zero-order chi connectivity index (χ0) is 10.2. The molecule has 0 fully saturated rings. The lowest BCUT2D eigenvalue weighted by Gasteiger charge is -2.06. The van der Waals surface area contributed by atoms with Gasteiger partial charge in [-0.15, -0.1) is 0 Å². The monoisotopic (exact) mass is 305 g/mol. The Bertz CT molecular complexity index is 265. The van der Waals surface area contributed by atoms with Crippen molar-refractivity contribution < 1.29 is 4.74 Å². The normalized spacial score (nSPS) is 10.1. The van der Waals surface area contributed by atoms with Gasteiger partial charge in [-0.2, -0.15) is 0 Å². The van der Waals surface area contributed by atoms with Gasteiger partial charge in [0, 0.05) is 29.5 Å². The molecule has 0 unspecified atom stereocenters. The predicted molar refractivity (Wildman–Crippen MR) is 68.8 cm³/mol. The van der Waals surface area contributed by atoms with E-state index < -0.39 is 0 Å². The van der Waals surface area contributed by atoms with E-state index in [0.717, 1.165) is 26.0 Å². The summed E-state index contributed by atoms with van der Waals surface area (Å²) < 4.78 is 6.25. The molecule has 2 nitrogen and oxygen atoms in total. The minimum Gasteiger partial charge on any atom is -0.385 e.